The van der Waals surface area contributed by atoms with Crippen LogP contribution in [-0.2, 0) is 0 Å². The lowest BCUT2D eigenvalue weighted by molar-refractivity contribution is 0.107. The lowest BCUT2D eigenvalue weighted by Crippen LogP contribution is -2.43. The molecule has 1 aliphatic rings. The maximum Gasteiger partial charge on any atom is 0.0585 e. The molecule has 3 heteroatoms. The van der Waals surface area contributed by atoms with Crippen molar-refractivity contribution in [1.82, 2.24) is 10.2 Å². The van der Waals surface area contributed by atoms with Crippen LogP contribution in [0.5, 0.6) is 0 Å². The van der Waals surface area contributed by atoms with Crippen LogP contribution in [0.1, 0.15) is 53.4 Å². The molecule has 108 valence electrons. The molecule has 0 saturated carbocycles. The van der Waals surface area contributed by atoms with E-state index in [1.807, 2.05) is 0 Å². The molecule has 0 aromatic carbocycles. The molecule has 1 atom stereocenters. The second kappa shape index (κ2) is 7.46. The summed E-state index contributed by atoms with van der Waals surface area (Å²) in [5, 5.41) is 12.8. The van der Waals surface area contributed by atoms with Gasteiger partial charge in [-0.15, -0.1) is 0 Å². The van der Waals surface area contributed by atoms with Crippen molar-refractivity contribution in [2.24, 2.45) is 5.41 Å². The van der Waals surface area contributed by atoms with Gasteiger partial charge in [-0.05, 0) is 44.3 Å². The van der Waals surface area contributed by atoms with Crippen LogP contribution >= 0.6 is 0 Å². The molecular formula is C15H32N2O. The maximum atomic E-state index is 9.34. The molecule has 0 aliphatic carbocycles. The van der Waals surface area contributed by atoms with Gasteiger partial charge >= 0.3 is 0 Å². The highest BCUT2D eigenvalue weighted by Crippen LogP contribution is 2.33. The van der Waals surface area contributed by atoms with Gasteiger partial charge in [0.25, 0.3) is 0 Å². The molecular weight excluding hydrogens is 224 g/mol. The van der Waals surface area contributed by atoms with Crippen molar-refractivity contribution < 1.29 is 5.11 Å². The maximum absolute atomic E-state index is 9.34. The van der Waals surface area contributed by atoms with Gasteiger partial charge in [0.15, 0.2) is 0 Å². The first kappa shape index (κ1) is 15.9. The Morgan fingerprint density at radius 1 is 1.28 bits per heavy atom. The van der Waals surface area contributed by atoms with E-state index < -0.39 is 0 Å². The zero-order chi connectivity index (χ0) is 13.6. The zero-order valence-corrected chi connectivity index (χ0v) is 12.7. The minimum absolute atomic E-state index is 0.249. The van der Waals surface area contributed by atoms with Crippen molar-refractivity contribution in [2.45, 2.75) is 65.5 Å². The summed E-state index contributed by atoms with van der Waals surface area (Å²) >= 11 is 0. The fourth-order valence-electron chi connectivity index (χ4n) is 2.71. The minimum Gasteiger partial charge on any atom is -0.395 e. The van der Waals surface area contributed by atoms with Crippen LogP contribution in [0.2, 0.25) is 0 Å². The molecule has 1 aliphatic heterocycles. The molecule has 1 saturated heterocycles. The highest BCUT2D eigenvalue weighted by atomic mass is 16.3. The van der Waals surface area contributed by atoms with E-state index in [1.165, 1.54) is 32.4 Å². The van der Waals surface area contributed by atoms with Gasteiger partial charge in [-0.25, -0.2) is 0 Å². The summed E-state index contributed by atoms with van der Waals surface area (Å²) in [6, 6.07) is 0.705. The van der Waals surface area contributed by atoms with E-state index in [-0.39, 0.29) is 12.6 Å². The molecule has 0 bridgehead atoms. The second-order valence-corrected chi connectivity index (χ2v) is 6.50. The van der Waals surface area contributed by atoms with Crippen LogP contribution in [-0.4, -0.2) is 48.3 Å². The number of piperidine rings is 1. The Labute approximate surface area is 113 Å². The third-order valence-corrected chi connectivity index (χ3v) is 4.50. The summed E-state index contributed by atoms with van der Waals surface area (Å²) in [4.78, 5) is 2.56. The number of hydrogen-bond donors (Lipinski definition) is 2. The molecule has 0 amide bonds. The molecule has 1 fully saturated rings. The number of nitrogens with one attached hydrogen (secondary N) is 1. The summed E-state index contributed by atoms with van der Waals surface area (Å²) < 4.78 is 0. The number of aliphatic hydroxyl groups excluding tert-OH is 1. The number of rotatable bonds is 7. The number of aliphatic hydroxyl groups is 1. The van der Waals surface area contributed by atoms with E-state index in [0.29, 0.717) is 11.5 Å². The third kappa shape index (κ3) is 5.25. The van der Waals surface area contributed by atoms with Gasteiger partial charge < -0.3 is 15.3 Å². The molecule has 1 heterocycles. The Morgan fingerprint density at radius 3 is 2.33 bits per heavy atom. The van der Waals surface area contributed by atoms with Gasteiger partial charge in [0, 0.05) is 12.1 Å². The molecule has 0 aromatic heterocycles. The van der Waals surface area contributed by atoms with Gasteiger partial charge in [0.05, 0.1) is 6.61 Å². The second-order valence-electron chi connectivity index (χ2n) is 6.50. The predicted octanol–water partition coefficient (Wildman–Crippen LogP) is 2.25. The number of nitrogens with zero attached hydrogens (tertiary/aromatic N) is 1. The number of hydrogen-bond acceptors (Lipinski definition) is 3. The summed E-state index contributed by atoms with van der Waals surface area (Å²) in [6.07, 6.45) is 5.00. The van der Waals surface area contributed by atoms with E-state index in [4.69, 9.17) is 0 Å². The largest absolute Gasteiger partial charge is 0.395 e. The lowest BCUT2D eigenvalue weighted by atomic mass is 9.78. The van der Waals surface area contributed by atoms with E-state index in [9.17, 15) is 5.11 Å². The first-order chi connectivity index (χ1) is 8.49. The van der Waals surface area contributed by atoms with Crippen LogP contribution in [0, 0.1) is 5.41 Å². The van der Waals surface area contributed by atoms with Crippen LogP contribution in [0.15, 0.2) is 0 Å². The van der Waals surface area contributed by atoms with Gasteiger partial charge in [-0.3, -0.25) is 0 Å². The minimum atomic E-state index is 0.249. The van der Waals surface area contributed by atoms with Gasteiger partial charge in [0.1, 0.15) is 0 Å². The molecule has 18 heavy (non-hydrogen) atoms. The van der Waals surface area contributed by atoms with E-state index >= 15 is 0 Å². The van der Waals surface area contributed by atoms with Crippen molar-refractivity contribution in [3.05, 3.63) is 0 Å². The SMILES string of the molecule is CCC1(C)CCN(CCC(CO)NC(C)C)CC1. The summed E-state index contributed by atoms with van der Waals surface area (Å²) in [6.45, 7) is 12.8. The fourth-order valence-corrected chi connectivity index (χ4v) is 2.71. The summed E-state index contributed by atoms with van der Waals surface area (Å²) in [5.41, 5.74) is 0.572. The Morgan fingerprint density at radius 2 is 1.89 bits per heavy atom. The normalized spacial score (nSPS) is 22.3. The van der Waals surface area contributed by atoms with Crippen LogP contribution in [0.25, 0.3) is 0 Å². The van der Waals surface area contributed by atoms with Gasteiger partial charge in [-0.1, -0.05) is 34.1 Å². The van der Waals surface area contributed by atoms with E-state index in [1.54, 1.807) is 0 Å². The van der Waals surface area contributed by atoms with E-state index in [2.05, 4.69) is 37.9 Å². The average molecular weight is 256 g/mol. The fraction of sp³-hybridized carbons (Fsp3) is 1.00. The van der Waals surface area contributed by atoms with Crippen molar-refractivity contribution >= 4 is 0 Å². The third-order valence-electron chi connectivity index (χ3n) is 4.50. The monoisotopic (exact) mass is 256 g/mol. The van der Waals surface area contributed by atoms with Crippen molar-refractivity contribution in [3.8, 4) is 0 Å². The first-order valence-corrected chi connectivity index (χ1v) is 7.58. The predicted molar refractivity (Wildman–Crippen MR) is 77.8 cm³/mol. The number of likely N-dealkylation sites (tertiary alicyclic amines) is 1. The topological polar surface area (TPSA) is 35.5 Å². The Balaban J connectivity index is 2.24. The molecule has 1 rings (SSSR count). The molecule has 2 N–H and O–H groups in total. The average Bonchev–Trinajstić information content (AvgIpc) is 2.36. The molecule has 3 nitrogen and oxygen atoms in total. The molecule has 1 unspecified atom stereocenters. The van der Waals surface area contributed by atoms with Crippen molar-refractivity contribution in [1.29, 1.82) is 0 Å². The summed E-state index contributed by atoms with van der Waals surface area (Å²) in [5.74, 6) is 0. The Hall–Kier alpha value is -0.120. The quantitative estimate of drug-likeness (QED) is 0.733. The highest BCUT2D eigenvalue weighted by molar-refractivity contribution is 4.82. The zero-order valence-electron chi connectivity index (χ0n) is 12.7. The molecule has 0 aromatic rings. The standard InChI is InChI=1S/C15H32N2O/c1-5-15(4)7-10-17(11-8-15)9-6-14(12-18)16-13(2)3/h13-14,16,18H,5-12H2,1-4H3. The Bertz CT molecular complexity index is 223. The molecule has 0 radical (unpaired) electrons. The lowest BCUT2D eigenvalue weighted by Gasteiger charge is -2.39. The van der Waals surface area contributed by atoms with E-state index in [0.717, 1.165) is 13.0 Å². The smallest absolute Gasteiger partial charge is 0.0585 e. The van der Waals surface area contributed by atoms with Gasteiger partial charge in [-0.2, -0.15) is 0 Å². The van der Waals surface area contributed by atoms with Crippen molar-refractivity contribution in [2.75, 3.05) is 26.2 Å². The highest BCUT2D eigenvalue weighted by Gasteiger charge is 2.28. The van der Waals surface area contributed by atoms with Crippen LogP contribution in [0.4, 0.5) is 0 Å². The summed E-state index contributed by atoms with van der Waals surface area (Å²) in [7, 11) is 0. The van der Waals surface area contributed by atoms with Crippen LogP contribution in [0.3, 0.4) is 0 Å². The molecule has 0 spiro atoms. The first-order valence-electron chi connectivity index (χ1n) is 7.58. The van der Waals surface area contributed by atoms with Crippen LogP contribution < -0.4 is 5.32 Å². The van der Waals surface area contributed by atoms with Crippen molar-refractivity contribution in [3.63, 3.8) is 0 Å². The Kier molecular flexibility index (Phi) is 6.61. The van der Waals surface area contributed by atoms with Gasteiger partial charge in [0.2, 0.25) is 0 Å².